The van der Waals surface area contributed by atoms with E-state index >= 15 is 0 Å². The van der Waals surface area contributed by atoms with Crippen LogP contribution in [0.5, 0.6) is 0 Å². The van der Waals surface area contributed by atoms with Crippen LogP contribution in [0.3, 0.4) is 0 Å². The molecule has 3 nitrogen and oxygen atoms in total. The summed E-state index contributed by atoms with van der Waals surface area (Å²) < 4.78 is 2.02. The van der Waals surface area contributed by atoms with Crippen LogP contribution in [0, 0.1) is 5.41 Å². The summed E-state index contributed by atoms with van der Waals surface area (Å²) in [7, 11) is 0. The van der Waals surface area contributed by atoms with E-state index in [9.17, 15) is 0 Å². The van der Waals surface area contributed by atoms with Crippen molar-refractivity contribution in [1.82, 2.24) is 15.1 Å². The number of hydrogen-bond acceptors (Lipinski definition) is 2. The fraction of sp³-hybridized carbons (Fsp3) is 0.769. The van der Waals surface area contributed by atoms with Gasteiger partial charge in [-0.3, -0.25) is 4.68 Å². The van der Waals surface area contributed by atoms with Gasteiger partial charge >= 0.3 is 0 Å². The molecule has 3 heteroatoms. The second-order valence-corrected chi connectivity index (χ2v) is 5.42. The molecule has 0 atom stereocenters. The number of hydrogen-bond donors (Lipinski definition) is 1. The van der Waals surface area contributed by atoms with Crippen LogP contribution >= 0.6 is 0 Å². The molecule has 1 aromatic heterocycles. The smallest absolute Gasteiger partial charge is 0.0521 e. The van der Waals surface area contributed by atoms with Gasteiger partial charge < -0.3 is 5.32 Å². The standard InChI is InChI=1S/C13H23N3/c1-4-16-9-12(8-15-16)7-13(5-6-13)10-14-11(2)3/h8-9,11,14H,4-7,10H2,1-3H3. The van der Waals surface area contributed by atoms with Crippen LogP contribution in [0.25, 0.3) is 0 Å². The molecule has 0 radical (unpaired) electrons. The fourth-order valence-electron chi connectivity index (χ4n) is 2.12. The molecule has 0 unspecified atom stereocenters. The largest absolute Gasteiger partial charge is 0.314 e. The molecule has 0 aromatic carbocycles. The van der Waals surface area contributed by atoms with Crippen molar-refractivity contribution in [1.29, 1.82) is 0 Å². The van der Waals surface area contributed by atoms with E-state index in [-0.39, 0.29) is 0 Å². The number of rotatable bonds is 6. The Morgan fingerprint density at radius 1 is 1.50 bits per heavy atom. The molecular weight excluding hydrogens is 198 g/mol. The highest BCUT2D eigenvalue weighted by Gasteiger charge is 2.42. The van der Waals surface area contributed by atoms with Crippen LogP contribution in [0.2, 0.25) is 0 Å². The molecule has 0 aliphatic heterocycles. The molecule has 0 amide bonds. The van der Waals surface area contributed by atoms with Crippen LogP contribution in [0.1, 0.15) is 39.2 Å². The van der Waals surface area contributed by atoms with Crippen molar-refractivity contribution in [2.24, 2.45) is 5.41 Å². The summed E-state index contributed by atoms with van der Waals surface area (Å²) in [6, 6.07) is 0.593. The maximum absolute atomic E-state index is 4.34. The highest BCUT2D eigenvalue weighted by atomic mass is 15.3. The van der Waals surface area contributed by atoms with Gasteiger partial charge in [0.1, 0.15) is 0 Å². The first-order valence-corrected chi connectivity index (χ1v) is 6.38. The number of nitrogens with one attached hydrogen (secondary N) is 1. The van der Waals surface area contributed by atoms with Crippen molar-refractivity contribution in [3.63, 3.8) is 0 Å². The molecule has 16 heavy (non-hydrogen) atoms. The van der Waals surface area contributed by atoms with Gasteiger partial charge in [0.25, 0.3) is 0 Å². The summed E-state index contributed by atoms with van der Waals surface area (Å²) in [6.45, 7) is 8.68. The first-order chi connectivity index (χ1) is 7.63. The Morgan fingerprint density at radius 2 is 2.25 bits per heavy atom. The molecule has 1 fully saturated rings. The maximum atomic E-state index is 4.34. The van der Waals surface area contributed by atoms with Crippen molar-refractivity contribution >= 4 is 0 Å². The lowest BCUT2D eigenvalue weighted by molar-refractivity contribution is 0.429. The quantitative estimate of drug-likeness (QED) is 0.798. The van der Waals surface area contributed by atoms with Crippen molar-refractivity contribution in [3.05, 3.63) is 18.0 Å². The minimum absolute atomic E-state index is 0.534. The molecule has 0 bridgehead atoms. The third-order valence-electron chi connectivity index (χ3n) is 3.43. The highest BCUT2D eigenvalue weighted by Crippen LogP contribution is 2.47. The molecular formula is C13H23N3. The summed E-state index contributed by atoms with van der Waals surface area (Å²) in [6.07, 6.45) is 8.13. The van der Waals surface area contributed by atoms with Gasteiger partial charge in [-0.15, -0.1) is 0 Å². The SMILES string of the molecule is CCn1cc(CC2(CNC(C)C)CC2)cn1. The van der Waals surface area contributed by atoms with Crippen LogP contribution in [-0.4, -0.2) is 22.4 Å². The van der Waals surface area contributed by atoms with Gasteiger partial charge in [-0.25, -0.2) is 0 Å². The van der Waals surface area contributed by atoms with Crippen molar-refractivity contribution in [2.45, 2.75) is 52.6 Å². The van der Waals surface area contributed by atoms with E-state index in [1.807, 2.05) is 10.9 Å². The molecule has 1 aromatic rings. The minimum atomic E-state index is 0.534. The third kappa shape index (κ3) is 2.85. The Bertz CT molecular complexity index is 337. The molecule has 2 rings (SSSR count). The van der Waals surface area contributed by atoms with E-state index < -0.39 is 0 Å². The zero-order valence-corrected chi connectivity index (χ0v) is 10.7. The van der Waals surface area contributed by atoms with Crippen molar-refractivity contribution in [3.8, 4) is 0 Å². The molecule has 1 aliphatic rings. The predicted octanol–water partition coefficient (Wildman–Crippen LogP) is 2.22. The van der Waals surface area contributed by atoms with Gasteiger partial charge in [0.05, 0.1) is 6.20 Å². The molecule has 1 heterocycles. The zero-order valence-electron chi connectivity index (χ0n) is 10.7. The first-order valence-electron chi connectivity index (χ1n) is 6.38. The average Bonchev–Trinajstić information content (AvgIpc) is 2.86. The zero-order chi connectivity index (χ0) is 11.6. The topological polar surface area (TPSA) is 29.9 Å². The second-order valence-electron chi connectivity index (χ2n) is 5.42. The van der Waals surface area contributed by atoms with Gasteiger partial charge in [-0.05, 0) is 37.2 Å². The normalized spacial score (nSPS) is 18.0. The number of aryl methyl sites for hydroxylation is 1. The lowest BCUT2D eigenvalue weighted by Gasteiger charge is -2.17. The summed E-state index contributed by atoms with van der Waals surface area (Å²) in [5.41, 5.74) is 1.93. The Morgan fingerprint density at radius 3 is 2.75 bits per heavy atom. The lowest BCUT2D eigenvalue weighted by Crippen LogP contribution is -2.30. The van der Waals surface area contributed by atoms with Crippen LogP contribution < -0.4 is 5.32 Å². The van der Waals surface area contributed by atoms with Gasteiger partial charge in [-0.2, -0.15) is 5.10 Å². The molecule has 0 saturated heterocycles. The highest BCUT2D eigenvalue weighted by molar-refractivity contribution is 5.12. The number of nitrogens with zero attached hydrogens (tertiary/aromatic N) is 2. The molecule has 90 valence electrons. The Labute approximate surface area is 98.2 Å². The van der Waals surface area contributed by atoms with Gasteiger partial charge in [0.2, 0.25) is 0 Å². The predicted molar refractivity (Wildman–Crippen MR) is 66.4 cm³/mol. The fourth-order valence-corrected chi connectivity index (χ4v) is 2.12. The lowest BCUT2D eigenvalue weighted by atomic mass is 9.98. The Balaban J connectivity index is 1.88. The van der Waals surface area contributed by atoms with Crippen LogP contribution in [-0.2, 0) is 13.0 Å². The summed E-state index contributed by atoms with van der Waals surface area (Å²) in [5, 5.41) is 7.90. The number of aromatic nitrogens is 2. The summed E-state index contributed by atoms with van der Waals surface area (Å²) >= 11 is 0. The van der Waals surface area contributed by atoms with E-state index in [0.29, 0.717) is 11.5 Å². The van der Waals surface area contributed by atoms with E-state index in [1.54, 1.807) is 0 Å². The molecule has 1 N–H and O–H groups in total. The van der Waals surface area contributed by atoms with Gasteiger partial charge in [0.15, 0.2) is 0 Å². The summed E-state index contributed by atoms with van der Waals surface area (Å²) in [4.78, 5) is 0. The molecule has 1 aliphatic carbocycles. The monoisotopic (exact) mass is 221 g/mol. The van der Waals surface area contributed by atoms with E-state index in [2.05, 4.69) is 37.4 Å². The van der Waals surface area contributed by atoms with Crippen LogP contribution in [0.15, 0.2) is 12.4 Å². The van der Waals surface area contributed by atoms with E-state index in [4.69, 9.17) is 0 Å². The second kappa shape index (κ2) is 4.58. The third-order valence-corrected chi connectivity index (χ3v) is 3.43. The average molecular weight is 221 g/mol. The maximum Gasteiger partial charge on any atom is 0.0521 e. The van der Waals surface area contributed by atoms with Crippen molar-refractivity contribution in [2.75, 3.05) is 6.54 Å². The Kier molecular flexibility index (Phi) is 3.33. The van der Waals surface area contributed by atoms with Crippen LogP contribution in [0.4, 0.5) is 0 Å². The minimum Gasteiger partial charge on any atom is -0.314 e. The van der Waals surface area contributed by atoms with Gasteiger partial charge in [-0.1, -0.05) is 13.8 Å². The summed E-state index contributed by atoms with van der Waals surface area (Å²) in [5.74, 6) is 0. The van der Waals surface area contributed by atoms with E-state index in [0.717, 1.165) is 13.1 Å². The first kappa shape index (κ1) is 11.6. The van der Waals surface area contributed by atoms with E-state index in [1.165, 1.54) is 24.8 Å². The molecule has 1 saturated carbocycles. The van der Waals surface area contributed by atoms with Crippen molar-refractivity contribution < 1.29 is 0 Å². The Hall–Kier alpha value is -0.830. The van der Waals surface area contributed by atoms with Gasteiger partial charge in [0, 0.05) is 25.3 Å². The molecule has 0 spiro atoms.